The van der Waals surface area contributed by atoms with Crippen LogP contribution in [0.5, 0.6) is 0 Å². The van der Waals surface area contributed by atoms with E-state index in [9.17, 15) is 4.79 Å². The largest absolute Gasteiger partial charge is 0.342 e. The Hall–Kier alpha value is -0.180. The number of rotatable bonds is 3. The van der Waals surface area contributed by atoms with Gasteiger partial charge in [-0.2, -0.15) is 0 Å². The normalized spacial score (nSPS) is 11.9. The van der Waals surface area contributed by atoms with E-state index < -0.39 is 0 Å². The van der Waals surface area contributed by atoms with E-state index in [4.69, 9.17) is 0 Å². The third kappa shape index (κ3) is 2.70. The molecule has 0 N–H and O–H groups in total. The minimum Gasteiger partial charge on any atom is -0.342 e. The molecule has 0 saturated heterocycles. The summed E-state index contributed by atoms with van der Waals surface area (Å²) in [4.78, 5) is 13.5. The molecule has 0 atom stereocenters. The van der Waals surface area contributed by atoms with E-state index in [1.807, 2.05) is 41.0 Å². The molecule has 0 aromatic rings. The van der Waals surface area contributed by atoms with Gasteiger partial charge in [0.1, 0.15) is 0 Å². The van der Waals surface area contributed by atoms with Crippen molar-refractivity contribution in [2.75, 3.05) is 13.3 Å². The maximum absolute atomic E-state index is 11.7. The van der Waals surface area contributed by atoms with Gasteiger partial charge in [-0.3, -0.25) is 4.79 Å². The highest BCUT2D eigenvalue weighted by Gasteiger charge is 2.30. The Kier molecular flexibility index (Phi) is 4.11. The number of hydrogen-bond donors (Lipinski definition) is 0. The zero-order chi connectivity index (χ0) is 9.94. The van der Waals surface area contributed by atoms with E-state index in [1.54, 1.807) is 16.7 Å². The average molecular weight is 189 g/mol. The summed E-state index contributed by atoms with van der Waals surface area (Å²) >= 11 is 1.59. The van der Waals surface area contributed by atoms with Crippen molar-refractivity contribution in [3.63, 3.8) is 0 Å². The maximum Gasteiger partial charge on any atom is 0.238 e. The average Bonchev–Trinajstić information content (AvgIpc) is 2.01. The zero-order valence-corrected chi connectivity index (χ0v) is 9.66. The summed E-state index contributed by atoms with van der Waals surface area (Å²) in [6.45, 7) is 7.96. The van der Waals surface area contributed by atoms with Crippen LogP contribution in [-0.4, -0.2) is 34.9 Å². The van der Waals surface area contributed by atoms with Crippen LogP contribution in [0.4, 0.5) is 0 Å². The molecule has 0 aromatic heterocycles. The Morgan fingerprint density at radius 3 is 2.08 bits per heavy atom. The van der Waals surface area contributed by atoms with E-state index in [0.717, 1.165) is 0 Å². The number of nitrogens with zero attached hydrogens (tertiary/aromatic N) is 1. The minimum atomic E-state index is -0.293. The van der Waals surface area contributed by atoms with Crippen LogP contribution in [0.2, 0.25) is 0 Å². The molecule has 0 rings (SSSR count). The van der Waals surface area contributed by atoms with Gasteiger partial charge in [0.05, 0.1) is 4.75 Å². The number of thioether (sulfide) groups is 1. The van der Waals surface area contributed by atoms with Crippen LogP contribution in [0, 0.1) is 0 Å². The van der Waals surface area contributed by atoms with Crippen LogP contribution < -0.4 is 0 Å². The van der Waals surface area contributed by atoms with Gasteiger partial charge in [-0.15, -0.1) is 11.8 Å². The Balaban J connectivity index is 4.39. The lowest BCUT2D eigenvalue weighted by Crippen LogP contribution is -2.44. The molecule has 0 bridgehead atoms. The van der Waals surface area contributed by atoms with Gasteiger partial charge in [-0.25, -0.2) is 0 Å². The van der Waals surface area contributed by atoms with Gasteiger partial charge in [0, 0.05) is 13.1 Å². The van der Waals surface area contributed by atoms with Crippen LogP contribution in [0.3, 0.4) is 0 Å². The second-order valence-corrected chi connectivity index (χ2v) is 5.15. The molecular formula is C9H19NOS. The van der Waals surface area contributed by atoms with Crippen molar-refractivity contribution in [2.24, 2.45) is 0 Å². The highest BCUT2D eigenvalue weighted by atomic mass is 32.2. The first-order valence-electron chi connectivity index (χ1n) is 4.15. The van der Waals surface area contributed by atoms with Gasteiger partial charge in [0.25, 0.3) is 0 Å². The molecule has 0 fully saturated rings. The number of carbonyl (C=O) groups is 1. The summed E-state index contributed by atoms with van der Waals surface area (Å²) in [6.07, 6.45) is 1.96. The fraction of sp³-hybridized carbons (Fsp3) is 0.889. The van der Waals surface area contributed by atoms with E-state index in [-0.39, 0.29) is 16.7 Å². The number of hydrogen-bond acceptors (Lipinski definition) is 2. The first-order valence-corrected chi connectivity index (χ1v) is 5.37. The van der Waals surface area contributed by atoms with E-state index >= 15 is 0 Å². The van der Waals surface area contributed by atoms with Crippen molar-refractivity contribution in [1.29, 1.82) is 0 Å². The third-order valence-electron chi connectivity index (χ3n) is 2.12. The van der Waals surface area contributed by atoms with Crippen LogP contribution in [0.15, 0.2) is 0 Å². The Bertz CT molecular complexity index is 166. The smallest absolute Gasteiger partial charge is 0.238 e. The molecule has 0 aliphatic rings. The lowest BCUT2D eigenvalue weighted by Gasteiger charge is -2.30. The molecule has 72 valence electrons. The van der Waals surface area contributed by atoms with Crippen molar-refractivity contribution in [1.82, 2.24) is 4.90 Å². The standard InChI is InChI=1S/C9H19NOS/c1-7(2)10(5)8(11)9(3,4)12-6/h7H,1-6H3. The van der Waals surface area contributed by atoms with Gasteiger partial charge in [-0.1, -0.05) is 0 Å². The molecule has 2 nitrogen and oxygen atoms in total. The Morgan fingerprint density at radius 1 is 1.42 bits per heavy atom. The highest BCUT2D eigenvalue weighted by molar-refractivity contribution is 8.00. The fourth-order valence-corrected chi connectivity index (χ4v) is 1.07. The summed E-state index contributed by atoms with van der Waals surface area (Å²) in [7, 11) is 1.85. The van der Waals surface area contributed by atoms with Crippen molar-refractivity contribution in [2.45, 2.75) is 38.5 Å². The molecule has 12 heavy (non-hydrogen) atoms. The number of carbonyl (C=O) groups excluding carboxylic acids is 1. The van der Waals surface area contributed by atoms with E-state index in [1.165, 1.54) is 0 Å². The lowest BCUT2D eigenvalue weighted by molar-refractivity contribution is -0.133. The first-order chi connectivity index (χ1) is 5.33. The van der Waals surface area contributed by atoms with Crippen molar-refractivity contribution >= 4 is 17.7 Å². The Labute approximate surface area is 79.7 Å². The summed E-state index contributed by atoms with van der Waals surface area (Å²) in [5.74, 6) is 0.199. The minimum absolute atomic E-state index is 0.199. The summed E-state index contributed by atoms with van der Waals surface area (Å²) in [6, 6.07) is 0.281. The van der Waals surface area contributed by atoms with Crippen LogP contribution >= 0.6 is 11.8 Å². The molecule has 3 heteroatoms. The summed E-state index contributed by atoms with van der Waals surface area (Å²) < 4.78 is -0.293. The van der Waals surface area contributed by atoms with E-state index in [0.29, 0.717) is 0 Å². The monoisotopic (exact) mass is 189 g/mol. The molecule has 0 radical (unpaired) electrons. The van der Waals surface area contributed by atoms with Crippen molar-refractivity contribution < 1.29 is 4.79 Å². The first kappa shape index (κ1) is 11.8. The molecule has 0 aliphatic carbocycles. The molecule has 0 spiro atoms. The van der Waals surface area contributed by atoms with Gasteiger partial charge in [0.2, 0.25) is 5.91 Å². The van der Waals surface area contributed by atoms with Gasteiger partial charge < -0.3 is 4.90 Å². The lowest BCUT2D eigenvalue weighted by atomic mass is 10.1. The van der Waals surface area contributed by atoms with Gasteiger partial charge >= 0.3 is 0 Å². The van der Waals surface area contributed by atoms with Crippen LogP contribution in [0.25, 0.3) is 0 Å². The predicted molar refractivity (Wildman–Crippen MR) is 55.5 cm³/mol. The van der Waals surface area contributed by atoms with Gasteiger partial charge in [-0.05, 0) is 34.0 Å². The van der Waals surface area contributed by atoms with Gasteiger partial charge in [0.15, 0.2) is 0 Å². The second-order valence-electron chi connectivity index (χ2n) is 3.72. The van der Waals surface area contributed by atoms with Crippen molar-refractivity contribution in [3.8, 4) is 0 Å². The maximum atomic E-state index is 11.7. The molecular weight excluding hydrogens is 170 g/mol. The fourth-order valence-electron chi connectivity index (χ4n) is 0.747. The predicted octanol–water partition coefficient (Wildman–Crippen LogP) is 1.99. The SMILES string of the molecule is CSC(C)(C)C(=O)N(C)C(C)C. The molecule has 1 amide bonds. The molecule has 0 unspecified atom stereocenters. The molecule has 0 aliphatic heterocycles. The molecule has 0 aromatic carbocycles. The van der Waals surface area contributed by atoms with E-state index in [2.05, 4.69) is 0 Å². The topological polar surface area (TPSA) is 20.3 Å². The third-order valence-corrected chi connectivity index (χ3v) is 3.32. The summed E-state index contributed by atoms with van der Waals surface area (Å²) in [5.41, 5.74) is 0. The quantitative estimate of drug-likeness (QED) is 0.677. The summed E-state index contributed by atoms with van der Waals surface area (Å²) in [5, 5.41) is 0. The number of amides is 1. The van der Waals surface area contributed by atoms with Crippen molar-refractivity contribution in [3.05, 3.63) is 0 Å². The Morgan fingerprint density at radius 2 is 1.83 bits per heavy atom. The zero-order valence-electron chi connectivity index (χ0n) is 8.84. The van der Waals surface area contributed by atoms with Crippen LogP contribution in [-0.2, 0) is 4.79 Å². The van der Waals surface area contributed by atoms with Crippen LogP contribution in [0.1, 0.15) is 27.7 Å². The second kappa shape index (κ2) is 4.17. The molecule has 0 saturated carbocycles. The highest BCUT2D eigenvalue weighted by Crippen LogP contribution is 2.23. The molecule has 0 heterocycles.